The van der Waals surface area contributed by atoms with Gasteiger partial charge in [0.2, 0.25) is 5.91 Å². The summed E-state index contributed by atoms with van der Waals surface area (Å²) in [5.74, 6) is 0.550. The predicted molar refractivity (Wildman–Crippen MR) is 86.5 cm³/mol. The van der Waals surface area contributed by atoms with Crippen LogP contribution in [0.3, 0.4) is 0 Å². The number of hydrogen-bond donors (Lipinski definition) is 1. The number of rotatable bonds is 4. The van der Waals surface area contributed by atoms with Gasteiger partial charge in [-0.2, -0.15) is 0 Å². The zero-order valence-corrected chi connectivity index (χ0v) is 12.9. The molecule has 1 saturated carbocycles. The molecule has 7 nitrogen and oxygen atoms in total. The number of fused-ring (bicyclic) bond motifs is 1. The van der Waals surface area contributed by atoms with E-state index in [1.165, 1.54) is 22.2 Å². The lowest BCUT2D eigenvalue weighted by molar-refractivity contribution is -0.116. The summed E-state index contributed by atoms with van der Waals surface area (Å²) in [7, 11) is 0. The Kier molecular flexibility index (Phi) is 3.38. The number of carbonyl (C=O) groups excluding carboxylic acids is 1. The highest BCUT2D eigenvalue weighted by atomic mass is 32.1. The predicted octanol–water partition coefficient (Wildman–Crippen LogP) is 1.76. The van der Waals surface area contributed by atoms with E-state index in [1.54, 1.807) is 18.5 Å². The fraction of sp³-hybridized carbons (Fsp3) is 0.267. The molecule has 0 unspecified atom stereocenters. The largest absolute Gasteiger partial charge is 0.308 e. The summed E-state index contributed by atoms with van der Waals surface area (Å²) in [6.07, 6.45) is 6.72. The molecular weight excluding hydrogens is 314 g/mol. The highest BCUT2D eigenvalue weighted by Crippen LogP contribution is 2.41. The van der Waals surface area contributed by atoms with Crippen molar-refractivity contribution in [3.05, 3.63) is 46.2 Å². The average Bonchev–Trinajstić information content (AvgIpc) is 3.28. The van der Waals surface area contributed by atoms with Crippen LogP contribution in [0.1, 0.15) is 24.5 Å². The fourth-order valence-corrected chi connectivity index (χ4v) is 3.16. The Labute approximate surface area is 135 Å². The van der Waals surface area contributed by atoms with Crippen LogP contribution in [0.15, 0.2) is 35.0 Å². The number of nitrogens with one attached hydrogen (secondary N) is 1. The Morgan fingerprint density at radius 1 is 1.30 bits per heavy atom. The van der Waals surface area contributed by atoms with Gasteiger partial charge in [0.1, 0.15) is 11.4 Å². The van der Waals surface area contributed by atoms with Gasteiger partial charge in [-0.05, 0) is 24.3 Å². The second kappa shape index (κ2) is 5.54. The van der Waals surface area contributed by atoms with Crippen LogP contribution >= 0.6 is 11.3 Å². The standard InChI is InChI=1S/C15H13N5O2S/c21-11(19-13-12(9-1-2-9)16-4-5-17-13)7-20-8-18-14-10(15(20)22)3-6-23-14/h3-6,8-9H,1-2,7H2,(H,17,19,21). The van der Waals surface area contributed by atoms with Gasteiger partial charge in [-0.15, -0.1) is 11.3 Å². The molecule has 1 amide bonds. The molecule has 3 aromatic rings. The van der Waals surface area contributed by atoms with Gasteiger partial charge in [0.15, 0.2) is 5.82 Å². The molecule has 0 spiro atoms. The number of amides is 1. The second-order valence-corrected chi connectivity index (χ2v) is 6.32. The molecule has 3 aromatic heterocycles. The maximum absolute atomic E-state index is 12.3. The van der Waals surface area contributed by atoms with Crippen molar-refractivity contribution in [3.63, 3.8) is 0 Å². The number of nitrogens with zero attached hydrogens (tertiary/aromatic N) is 4. The van der Waals surface area contributed by atoms with Crippen LogP contribution in [-0.2, 0) is 11.3 Å². The minimum atomic E-state index is -0.314. The van der Waals surface area contributed by atoms with Crippen molar-refractivity contribution in [2.45, 2.75) is 25.3 Å². The summed E-state index contributed by atoms with van der Waals surface area (Å²) in [4.78, 5) is 37.9. The Morgan fingerprint density at radius 2 is 2.13 bits per heavy atom. The van der Waals surface area contributed by atoms with Crippen molar-refractivity contribution in [3.8, 4) is 0 Å². The number of carbonyl (C=O) groups is 1. The van der Waals surface area contributed by atoms with Crippen molar-refractivity contribution in [1.82, 2.24) is 19.5 Å². The molecule has 1 fully saturated rings. The smallest absolute Gasteiger partial charge is 0.262 e. The minimum Gasteiger partial charge on any atom is -0.308 e. The Bertz CT molecular complexity index is 944. The number of hydrogen-bond acceptors (Lipinski definition) is 6. The maximum atomic E-state index is 12.3. The molecule has 23 heavy (non-hydrogen) atoms. The summed E-state index contributed by atoms with van der Waals surface area (Å²) in [6, 6.07) is 1.72. The molecule has 0 aliphatic heterocycles. The van der Waals surface area contributed by atoms with E-state index in [2.05, 4.69) is 20.3 Å². The monoisotopic (exact) mass is 327 g/mol. The summed E-state index contributed by atoms with van der Waals surface area (Å²) in [5, 5.41) is 5.09. The lowest BCUT2D eigenvalue weighted by atomic mass is 10.3. The van der Waals surface area contributed by atoms with Crippen LogP contribution in [0.2, 0.25) is 0 Å². The van der Waals surface area contributed by atoms with Crippen LogP contribution in [0.25, 0.3) is 10.2 Å². The Balaban J connectivity index is 1.56. The van der Waals surface area contributed by atoms with Gasteiger partial charge < -0.3 is 5.32 Å². The van der Waals surface area contributed by atoms with Gasteiger partial charge in [0, 0.05) is 18.3 Å². The second-order valence-electron chi connectivity index (χ2n) is 5.43. The molecule has 0 atom stereocenters. The van der Waals surface area contributed by atoms with E-state index >= 15 is 0 Å². The first-order chi connectivity index (χ1) is 11.2. The number of thiophene rings is 1. The number of aromatic nitrogens is 4. The van der Waals surface area contributed by atoms with E-state index < -0.39 is 0 Å². The molecule has 3 heterocycles. The molecular formula is C15H13N5O2S. The van der Waals surface area contributed by atoms with Crippen LogP contribution in [0.5, 0.6) is 0 Å². The summed E-state index contributed by atoms with van der Waals surface area (Å²) in [5.41, 5.74) is 0.604. The van der Waals surface area contributed by atoms with E-state index in [-0.39, 0.29) is 18.0 Å². The number of anilines is 1. The van der Waals surface area contributed by atoms with Gasteiger partial charge in [-0.1, -0.05) is 0 Å². The quantitative estimate of drug-likeness (QED) is 0.788. The maximum Gasteiger partial charge on any atom is 0.262 e. The first kappa shape index (κ1) is 14.0. The fourth-order valence-electron chi connectivity index (χ4n) is 2.43. The van der Waals surface area contributed by atoms with Gasteiger partial charge >= 0.3 is 0 Å². The van der Waals surface area contributed by atoms with Crippen molar-refractivity contribution < 1.29 is 4.79 Å². The van der Waals surface area contributed by atoms with E-state index in [9.17, 15) is 9.59 Å². The zero-order chi connectivity index (χ0) is 15.8. The molecule has 0 aromatic carbocycles. The third kappa shape index (κ3) is 2.72. The van der Waals surface area contributed by atoms with Gasteiger partial charge in [0.25, 0.3) is 5.56 Å². The highest BCUT2D eigenvalue weighted by molar-refractivity contribution is 7.16. The van der Waals surface area contributed by atoms with Crippen LogP contribution < -0.4 is 10.9 Å². The van der Waals surface area contributed by atoms with Gasteiger partial charge in [-0.25, -0.2) is 9.97 Å². The summed E-state index contributed by atoms with van der Waals surface area (Å²) < 4.78 is 1.30. The summed E-state index contributed by atoms with van der Waals surface area (Å²) in [6.45, 7) is -0.0989. The molecule has 0 radical (unpaired) electrons. The Morgan fingerprint density at radius 3 is 2.96 bits per heavy atom. The van der Waals surface area contributed by atoms with E-state index in [0.29, 0.717) is 22.0 Å². The van der Waals surface area contributed by atoms with Crippen molar-refractivity contribution >= 4 is 33.3 Å². The SMILES string of the molecule is O=C(Cn1cnc2sccc2c1=O)Nc1nccnc1C1CC1. The van der Waals surface area contributed by atoms with Crippen LogP contribution in [0, 0.1) is 0 Å². The zero-order valence-electron chi connectivity index (χ0n) is 12.1. The normalized spacial score (nSPS) is 14.1. The molecule has 1 aliphatic rings. The minimum absolute atomic E-state index is 0.0989. The Hall–Kier alpha value is -2.61. The molecule has 0 saturated heterocycles. The third-order valence-electron chi connectivity index (χ3n) is 3.71. The first-order valence-electron chi connectivity index (χ1n) is 7.26. The van der Waals surface area contributed by atoms with Crippen molar-refractivity contribution in [2.75, 3.05) is 5.32 Å². The highest BCUT2D eigenvalue weighted by Gasteiger charge is 2.28. The molecule has 1 aliphatic carbocycles. The molecule has 116 valence electrons. The molecule has 1 N–H and O–H groups in total. The summed E-state index contributed by atoms with van der Waals surface area (Å²) >= 11 is 1.40. The third-order valence-corrected chi connectivity index (χ3v) is 4.53. The van der Waals surface area contributed by atoms with Gasteiger partial charge in [-0.3, -0.25) is 19.1 Å². The van der Waals surface area contributed by atoms with Crippen molar-refractivity contribution in [2.24, 2.45) is 0 Å². The first-order valence-corrected chi connectivity index (χ1v) is 8.14. The van der Waals surface area contributed by atoms with E-state index in [1.807, 2.05) is 5.38 Å². The lowest BCUT2D eigenvalue weighted by Gasteiger charge is -2.09. The molecule has 8 heteroatoms. The van der Waals surface area contributed by atoms with Gasteiger partial charge in [0.05, 0.1) is 17.4 Å². The topological polar surface area (TPSA) is 89.8 Å². The van der Waals surface area contributed by atoms with Crippen LogP contribution in [-0.4, -0.2) is 25.4 Å². The average molecular weight is 327 g/mol. The van der Waals surface area contributed by atoms with Crippen LogP contribution in [0.4, 0.5) is 5.82 Å². The lowest BCUT2D eigenvalue weighted by Crippen LogP contribution is -2.28. The molecule has 0 bridgehead atoms. The molecule has 4 rings (SSSR count). The van der Waals surface area contributed by atoms with Crippen molar-refractivity contribution in [1.29, 1.82) is 0 Å². The van der Waals surface area contributed by atoms with E-state index in [4.69, 9.17) is 0 Å². The van der Waals surface area contributed by atoms with E-state index in [0.717, 1.165) is 18.5 Å².